The van der Waals surface area contributed by atoms with Gasteiger partial charge < -0.3 is 5.01 Å². The van der Waals surface area contributed by atoms with E-state index in [9.17, 15) is 5.26 Å². The van der Waals surface area contributed by atoms with Crippen LogP contribution in [0.3, 0.4) is 0 Å². The number of fused-ring (bicyclic) bond motifs is 1. The minimum atomic E-state index is 0.711. The van der Waals surface area contributed by atoms with Crippen molar-refractivity contribution < 1.29 is 0 Å². The molecule has 0 bridgehead atoms. The third-order valence-electron chi connectivity index (χ3n) is 5.88. The molecule has 5 rings (SSSR count). The number of benzene rings is 3. The minimum absolute atomic E-state index is 0.711. The van der Waals surface area contributed by atoms with Crippen LogP contribution in [0.2, 0.25) is 5.02 Å². The maximum Gasteiger partial charge on any atom is 0.0998 e. The number of hydrazine groups is 1. The van der Waals surface area contributed by atoms with Crippen LogP contribution in [0.25, 0.3) is 22.0 Å². The third-order valence-corrected chi connectivity index (χ3v) is 6.13. The molecule has 1 aliphatic heterocycles. The number of aromatic nitrogens is 2. The Morgan fingerprint density at radius 1 is 0.968 bits per heavy atom. The third kappa shape index (κ3) is 3.76. The molecule has 5 nitrogen and oxygen atoms in total. The van der Waals surface area contributed by atoms with Gasteiger partial charge in [-0.1, -0.05) is 48.0 Å². The maximum absolute atomic E-state index is 9.52. The molecule has 1 aromatic heterocycles. The minimum Gasteiger partial charge on any atom is -0.305 e. The van der Waals surface area contributed by atoms with E-state index < -0.39 is 0 Å². The summed E-state index contributed by atoms with van der Waals surface area (Å²) >= 11 is 6.06. The number of anilines is 1. The van der Waals surface area contributed by atoms with Crippen molar-refractivity contribution in [1.29, 1.82) is 5.26 Å². The number of hydrogen-bond acceptors (Lipinski definition) is 4. The van der Waals surface area contributed by atoms with Crippen LogP contribution >= 0.6 is 11.6 Å². The first-order valence-corrected chi connectivity index (χ1v) is 10.8. The zero-order valence-corrected chi connectivity index (χ0v) is 17.8. The van der Waals surface area contributed by atoms with Gasteiger partial charge in [-0.2, -0.15) is 10.4 Å². The largest absolute Gasteiger partial charge is 0.305 e. The normalized spacial score (nSPS) is 14.6. The van der Waals surface area contributed by atoms with Crippen LogP contribution in [-0.2, 0) is 6.54 Å². The van der Waals surface area contributed by atoms with E-state index in [1.807, 2.05) is 54.7 Å². The maximum atomic E-state index is 9.52. The Morgan fingerprint density at radius 3 is 2.55 bits per heavy atom. The molecule has 1 saturated heterocycles. The second-order valence-corrected chi connectivity index (χ2v) is 8.22. The van der Waals surface area contributed by atoms with Gasteiger partial charge in [0.2, 0.25) is 0 Å². The number of nitrogens with zero attached hydrogens (tertiary/aromatic N) is 4. The van der Waals surface area contributed by atoms with Crippen molar-refractivity contribution in [2.24, 2.45) is 0 Å². The fourth-order valence-corrected chi connectivity index (χ4v) is 4.48. The summed E-state index contributed by atoms with van der Waals surface area (Å²) in [4.78, 5) is 0. The molecule has 0 atom stereocenters. The van der Waals surface area contributed by atoms with Gasteiger partial charge in [-0.05, 0) is 42.7 Å². The molecule has 1 fully saturated rings. The van der Waals surface area contributed by atoms with Crippen LogP contribution in [-0.4, -0.2) is 28.3 Å². The summed E-state index contributed by atoms with van der Waals surface area (Å²) in [6, 6.07) is 22.3. The summed E-state index contributed by atoms with van der Waals surface area (Å²) in [5.74, 6) is 0. The predicted molar refractivity (Wildman–Crippen MR) is 125 cm³/mol. The monoisotopic (exact) mass is 427 g/mol. The number of H-pyrrole nitrogens is 1. The molecule has 2 heterocycles. The molecule has 154 valence electrons. The second kappa shape index (κ2) is 8.43. The highest BCUT2D eigenvalue weighted by atomic mass is 35.5. The smallest absolute Gasteiger partial charge is 0.0998 e. The lowest BCUT2D eigenvalue weighted by Gasteiger charge is -2.41. The topological polar surface area (TPSA) is 59.0 Å². The van der Waals surface area contributed by atoms with Crippen molar-refractivity contribution in [3.8, 4) is 17.3 Å². The molecule has 4 aromatic rings. The van der Waals surface area contributed by atoms with Crippen LogP contribution in [0.5, 0.6) is 0 Å². The number of rotatable bonds is 4. The second-order valence-electron chi connectivity index (χ2n) is 7.79. The summed E-state index contributed by atoms with van der Waals surface area (Å²) in [7, 11) is 0. The van der Waals surface area contributed by atoms with Crippen LogP contribution < -0.4 is 5.01 Å². The van der Waals surface area contributed by atoms with Gasteiger partial charge in [-0.3, -0.25) is 5.10 Å². The first-order chi connectivity index (χ1) is 15.2. The van der Waals surface area contributed by atoms with E-state index in [2.05, 4.69) is 38.4 Å². The lowest BCUT2D eigenvalue weighted by molar-refractivity contribution is 0.205. The molecule has 6 heteroatoms. The highest BCUT2D eigenvalue weighted by molar-refractivity contribution is 6.30. The van der Waals surface area contributed by atoms with E-state index >= 15 is 0 Å². The number of hydrogen-bond donors (Lipinski definition) is 1. The van der Waals surface area contributed by atoms with E-state index in [4.69, 9.17) is 11.6 Å². The molecular formula is C25H22ClN5. The summed E-state index contributed by atoms with van der Waals surface area (Å²) in [5, 5.41) is 24.6. The molecule has 0 spiro atoms. The molecule has 0 radical (unpaired) electrons. The summed E-state index contributed by atoms with van der Waals surface area (Å²) < 4.78 is 0. The van der Waals surface area contributed by atoms with Gasteiger partial charge in [0.15, 0.2) is 0 Å². The first kappa shape index (κ1) is 19.6. The van der Waals surface area contributed by atoms with E-state index in [0.717, 1.165) is 70.8 Å². The van der Waals surface area contributed by atoms with E-state index in [1.165, 1.54) is 0 Å². The van der Waals surface area contributed by atoms with Gasteiger partial charge in [0.1, 0.15) is 0 Å². The zero-order chi connectivity index (χ0) is 21.2. The predicted octanol–water partition coefficient (Wildman–Crippen LogP) is 5.77. The van der Waals surface area contributed by atoms with Crippen molar-refractivity contribution in [3.05, 3.63) is 83.0 Å². The Hall–Kier alpha value is -3.33. The van der Waals surface area contributed by atoms with Crippen molar-refractivity contribution in [1.82, 2.24) is 15.2 Å². The van der Waals surface area contributed by atoms with Crippen LogP contribution in [0.15, 0.2) is 66.9 Å². The quantitative estimate of drug-likeness (QED) is 0.449. The summed E-state index contributed by atoms with van der Waals surface area (Å²) in [6.45, 7) is 2.67. The molecule has 1 N–H and O–H groups in total. The van der Waals surface area contributed by atoms with Gasteiger partial charge in [-0.25, -0.2) is 5.01 Å². The standard InChI is InChI=1S/C25H22ClN5/c26-21-10-7-18(8-11-21)25-20(16-28-29-25)17-30-13-3-4-14-31(30)24-12-9-19(15-27)22-5-1-2-6-23(22)24/h1-2,5-12,16H,3-4,13-14,17H2,(H,28,29). The van der Waals surface area contributed by atoms with Crippen molar-refractivity contribution in [3.63, 3.8) is 0 Å². The summed E-state index contributed by atoms with van der Waals surface area (Å²) in [6.07, 6.45) is 4.20. The van der Waals surface area contributed by atoms with Gasteiger partial charge in [0, 0.05) is 41.0 Å². The van der Waals surface area contributed by atoms with Gasteiger partial charge in [0.25, 0.3) is 0 Å². The molecule has 31 heavy (non-hydrogen) atoms. The Kier molecular flexibility index (Phi) is 5.33. The average molecular weight is 428 g/mol. The Bertz CT molecular complexity index is 1260. The highest BCUT2D eigenvalue weighted by Gasteiger charge is 2.24. The number of nitriles is 1. The van der Waals surface area contributed by atoms with Crippen LogP contribution in [0, 0.1) is 11.3 Å². The van der Waals surface area contributed by atoms with Crippen molar-refractivity contribution in [2.45, 2.75) is 19.4 Å². The average Bonchev–Trinajstić information content (AvgIpc) is 3.27. The Balaban J connectivity index is 1.50. The molecule has 0 unspecified atom stereocenters. The van der Waals surface area contributed by atoms with Crippen LogP contribution in [0.1, 0.15) is 24.0 Å². The molecule has 1 aliphatic rings. The molecule has 0 saturated carbocycles. The first-order valence-electron chi connectivity index (χ1n) is 10.5. The lowest BCUT2D eigenvalue weighted by Crippen LogP contribution is -2.47. The van der Waals surface area contributed by atoms with Gasteiger partial charge in [0.05, 0.1) is 29.2 Å². The van der Waals surface area contributed by atoms with E-state index in [1.54, 1.807) is 0 Å². The van der Waals surface area contributed by atoms with Crippen LogP contribution in [0.4, 0.5) is 5.69 Å². The Labute approximate surface area is 186 Å². The van der Waals surface area contributed by atoms with Gasteiger partial charge in [-0.15, -0.1) is 0 Å². The molecule has 3 aromatic carbocycles. The SMILES string of the molecule is N#Cc1ccc(N2CCCCN2Cc2cn[nH]c2-c2ccc(Cl)cc2)c2ccccc12. The zero-order valence-electron chi connectivity index (χ0n) is 17.1. The number of nitrogens with one attached hydrogen (secondary N) is 1. The lowest BCUT2D eigenvalue weighted by atomic mass is 10.0. The highest BCUT2D eigenvalue weighted by Crippen LogP contribution is 2.33. The van der Waals surface area contributed by atoms with Crippen molar-refractivity contribution in [2.75, 3.05) is 18.1 Å². The Morgan fingerprint density at radius 2 is 1.74 bits per heavy atom. The summed E-state index contributed by atoms with van der Waals surface area (Å²) in [5.41, 5.74) is 5.09. The van der Waals surface area contributed by atoms with E-state index in [0.29, 0.717) is 5.56 Å². The molecule has 0 amide bonds. The molecule has 0 aliphatic carbocycles. The van der Waals surface area contributed by atoms with E-state index in [-0.39, 0.29) is 0 Å². The number of halogens is 1. The van der Waals surface area contributed by atoms with Gasteiger partial charge >= 0.3 is 0 Å². The fraction of sp³-hybridized carbons (Fsp3) is 0.200. The fourth-order valence-electron chi connectivity index (χ4n) is 4.36. The molecular weight excluding hydrogens is 406 g/mol. The van der Waals surface area contributed by atoms with Crippen molar-refractivity contribution >= 4 is 28.1 Å². The number of aromatic amines is 1.